The van der Waals surface area contributed by atoms with Crippen LogP contribution in [0.25, 0.3) is 16.9 Å². The second-order valence-electron chi connectivity index (χ2n) is 6.99. The van der Waals surface area contributed by atoms with Crippen molar-refractivity contribution in [3.8, 4) is 11.3 Å². The molecule has 4 heterocycles. The Morgan fingerprint density at radius 2 is 2.16 bits per heavy atom. The van der Waals surface area contributed by atoms with Gasteiger partial charge in [-0.15, -0.1) is 11.3 Å². The van der Waals surface area contributed by atoms with Crippen LogP contribution >= 0.6 is 11.3 Å². The van der Waals surface area contributed by atoms with Crippen LogP contribution in [0.2, 0.25) is 0 Å². The molecule has 11 heteroatoms. The van der Waals surface area contributed by atoms with Crippen molar-refractivity contribution in [3.63, 3.8) is 0 Å². The van der Waals surface area contributed by atoms with Crippen LogP contribution in [0.4, 0.5) is 10.8 Å². The summed E-state index contributed by atoms with van der Waals surface area (Å²) in [6.45, 7) is 5.82. The van der Waals surface area contributed by atoms with Crippen LogP contribution in [0.3, 0.4) is 0 Å². The van der Waals surface area contributed by atoms with Crippen LogP contribution in [0.5, 0.6) is 0 Å². The zero-order chi connectivity index (χ0) is 22.0. The fourth-order valence-corrected chi connectivity index (χ4v) is 5.98. The number of likely N-dealkylation sites (N-methyl/N-ethyl adjacent to an activating group) is 1. The zero-order valence-electron chi connectivity index (χ0n) is 17.9. The zero-order valence-corrected chi connectivity index (χ0v) is 19.5. The lowest BCUT2D eigenvalue weighted by molar-refractivity contribution is 0.182. The number of anilines is 2. The molecule has 0 aliphatic carbocycles. The maximum atomic E-state index is 13.1. The molecule has 0 aromatic carbocycles. The highest BCUT2D eigenvalue weighted by molar-refractivity contribution is 7.85. The molecule has 4 rings (SSSR count). The van der Waals surface area contributed by atoms with Crippen LogP contribution in [0, 0.1) is 6.92 Å². The van der Waals surface area contributed by atoms with Gasteiger partial charge in [0.25, 0.3) is 0 Å². The number of nitrogens with zero attached hydrogens (tertiary/aromatic N) is 6. The molecule has 0 fully saturated rings. The third-order valence-corrected chi connectivity index (χ3v) is 8.01. The van der Waals surface area contributed by atoms with E-state index in [1.807, 2.05) is 60.5 Å². The van der Waals surface area contributed by atoms with Crippen LogP contribution in [0.1, 0.15) is 12.5 Å². The second kappa shape index (κ2) is 9.27. The number of rotatable bonds is 9. The molecule has 0 aliphatic heterocycles. The van der Waals surface area contributed by atoms with E-state index >= 15 is 0 Å². The average molecular weight is 460 g/mol. The fraction of sp³-hybridized carbons (Fsp3) is 0.350. The summed E-state index contributed by atoms with van der Waals surface area (Å²) in [4.78, 5) is 9.04. The first-order chi connectivity index (χ1) is 15.0. The van der Waals surface area contributed by atoms with Crippen LogP contribution in [-0.2, 0) is 22.8 Å². The Labute approximate surface area is 187 Å². The van der Waals surface area contributed by atoms with Crippen LogP contribution < -0.4 is 5.32 Å². The van der Waals surface area contributed by atoms with Gasteiger partial charge in [-0.1, -0.05) is 6.92 Å². The van der Waals surface area contributed by atoms with Crippen molar-refractivity contribution in [1.29, 1.82) is 0 Å². The summed E-state index contributed by atoms with van der Waals surface area (Å²) in [5, 5.41) is 8.47. The molecule has 0 aliphatic rings. The number of aryl methyl sites for hydroxylation is 2. The van der Waals surface area contributed by atoms with E-state index in [0.717, 1.165) is 26.0 Å². The minimum atomic E-state index is -1.24. The molecule has 164 valence electrons. The van der Waals surface area contributed by atoms with Gasteiger partial charge in [-0.2, -0.15) is 5.10 Å². The molecule has 1 unspecified atom stereocenters. The number of hydrogen-bond donors (Lipinski definition) is 1. The Morgan fingerprint density at radius 1 is 1.32 bits per heavy atom. The summed E-state index contributed by atoms with van der Waals surface area (Å²) < 4.78 is 24.7. The molecule has 0 saturated heterocycles. The highest BCUT2D eigenvalue weighted by atomic mass is 32.2. The van der Waals surface area contributed by atoms with Crippen LogP contribution in [0.15, 0.2) is 41.3 Å². The topological polar surface area (TPSA) is 89.6 Å². The summed E-state index contributed by atoms with van der Waals surface area (Å²) in [6.07, 6.45) is 9.19. The number of imidazole rings is 1. The summed E-state index contributed by atoms with van der Waals surface area (Å²) in [5.74, 6) is 0.642. The number of hydrogen-bond acceptors (Lipinski definition) is 7. The highest BCUT2D eigenvalue weighted by Gasteiger charge is 2.19. The van der Waals surface area contributed by atoms with Gasteiger partial charge in [0.05, 0.1) is 29.7 Å². The van der Waals surface area contributed by atoms with E-state index in [2.05, 4.69) is 20.4 Å². The fourth-order valence-electron chi connectivity index (χ4n) is 3.26. The first kappa shape index (κ1) is 21.6. The Hall–Kier alpha value is -2.60. The van der Waals surface area contributed by atoms with Crippen molar-refractivity contribution in [2.75, 3.05) is 32.1 Å². The standard InChI is InChI=1S/C20H25N7O2S2/c1-5-26(8-9-29-4)31(28)20-14(2)10-17(30-20)24-18-19-22-12-16(27(19)7-6-21-18)15-11-23-25(3)13-15/h6-7,10-13H,5,8-9H2,1-4H3,(H,21,24). The van der Waals surface area contributed by atoms with E-state index in [0.29, 0.717) is 31.2 Å². The van der Waals surface area contributed by atoms with Gasteiger partial charge in [0.15, 0.2) is 11.5 Å². The van der Waals surface area contributed by atoms with Crippen LogP contribution in [-0.4, -0.2) is 59.5 Å². The van der Waals surface area contributed by atoms with Crippen molar-refractivity contribution in [3.05, 3.63) is 42.6 Å². The Bertz CT molecular complexity index is 1210. The Kier molecular flexibility index (Phi) is 6.46. The molecule has 4 aromatic rings. The molecule has 0 amide bonds. The largest absolute Gasteiger partial charge is 0.383 e. The van der Waals surface area contributed by atoms with Crippen molar-refractivity contribution >= 4 is 38.8 Å². The summed E-state index contributed by atoms with van der Waals surface area (Å²) in [5.41, 5.74) is 3.61. The molecule has 1 atom stereocenters. The molecule has 0 saturated carbocycles. The number of fused-ring (bicyclic) bond motifs is 1. The highest BCUT2D eigenvalue weighted by Crippen LogP contribution is 2.33. The second-order valence-corrected chi connectivity index (χ2v) is 9.72. The monoisotopic (exact) mass is 459 g/mol. The number of aromatic nitrogens is 5. The quantitative estimate of drug-likeness (QED) is 0.413. The molecular formula is C20H25N7O2S2. The van der Waals surface area contributed by atoms with Gasteiger partial charge < -0.3 is 10.1 Å². The lowest BCUT2D eigenvalue weighted by Crippen LogP contribution is -2.29. The predicted octanol–water partition coefficient (Wildman–Crippen LogP) is 3.23. The maximum Gasteiger partial charge on any atom is 0.180 e. The lowest BCUT2D eigenvalue weighted by Gasteiger charge is -2.18. The SMILES string of the molecule is CCN(CCOC)S(=O)c1sc(Nc2nccn3c(-c4cnn(C)c4)cnc23)cc1C. The normalized spacial score (nSPS) is 12.7. The van der Waals surface area contributed by atoms with Crippen molar-refractivity contribution in [2.24, 2.45) is 7.05 Å². The van der Waals surface area contributed by atoms with E-state index in [1.165, 1.54) is 11.3 Å². The first-order valence-corrected chi connectivity index (χ1v) is 11.8. The summed E-state index contributed by atoms with van der Waals surface area (Å²) >= 11 is 1.47. The van der Waals surface area contributed by atoms with E-state index in [-0.39, 0.29) is 0 Å². The van der Waals surface area contributed by atoms with Gasteiger partial charge in [0.1, 0.15) is 15.2 Å². The molecule has 0 spiro atoms. The molecule has 0 radical (unpaired) electrons. The lowest BCUT2D eigenvalue weighted by atomic mass is 10.3. The van der Waals surface area contributed by atoms with E-state index in [1.54, 1.807) is 18.0 Å². The van der Waals surface area contributed by atoms with Gasteiger partial charge in [0.2, 0.25) is 0 Å². The third-order valence-electron chi connectivity index (χ3n) is 4.83. The minimum Gasteiger partial charge on any atom is -0.383 e. The number of methoxy groups -OCH3 is 1. The first-order valence-electron chi connectivity index (χ1n) is 9.86. The molecular weight excluding hydrogens is 434 g/mol. The van der Waals surface area contributed by atoms with Gasteiger partial charge in [0, 0.05) is 51.4 Å². The van der Waals surface area contributed by atoms with Crippen molar-refractivity contribution in [1.82, 2.24) is 28.5 Å². The maximum absolute atomic E-state index is 13.1. The van der Waals surface area contributed by atoms with E-state index in [4.69, 9.17) is 4.74 Å². The molecule has 1 N–H and O–H groups in total. The molecule has 4 aromatic heterocycles. The smallest absolute Gasteiger partial charge is 0.180 e. The van der Waals surface area contributed by atoms with Crippen molar-refractivity contribution < 1.29 is 8.95 Å². The van der Waals surface area contributed by atoms with Gasteiger partial charge in [-0.25, -0.2) is 18.5 Å². The van der Waals surface area contributed by atoms with Gasteiger partial charge >= 0.3 is 0 Å². The Balaban J connectivity index is 1.61. The Morgan fingerprint density at radius 3 is 2.87 bits per heavy atom. The third kappa shape index (κ3) is 4.40. The van der Waals surface area contributed by atoms with E-state index < -0.39 is 11.0 Å². The molecule has 9 nitrogen and oxygen atoms in total. The number of ether oxygens (including phenoxy) is 1. The minimum absolute atomic E-state index is 0.542. The molecule has 0 bridgehead atoms. The number of nitrogens with one attached hydrogen (secondary N) is 1. The van der Waals surface area contributed by atoms with Gasteiger partial charge in [-0.05, 0) is 18.6 Å². The van der Waals surface area contributed by atoms with E-state index in [9.17, 15) is 4.21 Å². The van der Waals surface area contributed by atoms with Crippen molar-refractivity contribution in [2.45, 2.75) is 18.1 Å². The number of thiophene rings is 1. The predicted molar refractivity (Wildman–Crippen MR) is 123 cm³/mol. The molecule has 31 heavy (non-hydrogen) atoms. The average Bonchev–Trinajstić information content (AvgIpc) is 3.47. The van der Waals surface area contributed by atoms with Gasteiger partial charge in [-0.3, -0.25) is 9.08 Å². The summed E-state index contributed by atoms with van der Waals surface area (Å²) in [6, 6.07) is 2.00. The summed E-state index contributed by atoms with van der Waals surface area (Å²) in [7, 11) is 2.30.